The van der Waals surface area contributed by atoms with E-state index in [2.05, 4.69) is 53.0 Å². The summed E-state index contributed by atoms with van der Waals surface area (Å²) in [6.45, 7) is 35.0. The summed E-state index contributed by atoms with van der Waals surface area (Å²) in [7, 11) is 0. The lowest BCUT2D eigenvalue weighted by Crippen LogP contribution is -2.54. The quantitative estimate of drug-likeness (QED) is 0.0325. The number of hydrogen-bond acceptors (Lipinski definition) is 24. The molecule has 4 aromatic carbocycles. The average molecular weight is 2100 g/mol. The first-order valence-corrected chi connectivity index (χ1v) is 52.7. The summed E-state index contributed by atoms with van der Waals surface area (Å²) in [4.78, 5) is 101. The van der Waals surface area contributed by atoms with Crippen LogP contribution in [0.25, 0.3) is 44.7 Å². The molecule has 0 bridgehead atoms. The normalized spacial score (nSPS) is 20.1. The van der Waals surface area contributed by atoms with Crippen molar-refractivity contribution in [2.75, 3.05) is 150 Å². The highest BCUT2D eigenvalue weighted by molar-refractivity contribution is 6.37. The minimum atomic E-state index is -0.724. The van der Waals surface area contributed by atoms with Crippen LogP contribution in [0.15, 0.2) is 97.6 Å². The number of anilines is 4. The van der Waals surface area contributed by atoms with Crippen molar-refractivity contribution >= 4 is 185 Å². The smallest absolute Gasteiger partial charge is 0.304 e. The molecule has 12 aromatic rings. The molecule has 8 aliphatic heterocycles. The van der Waals surface area contributed by atoms with Gasteiger partial charge in [0.2, 0.25) is 0 Å². The zero-order valence-corrected chi connectivity index (χ0v) is 87.4. The van der Waals surface area contributed by atoms with Crippen LogP contribution in [-0.4, -0.2) is 274 Å². The zero-order valence-electron chi connectivity index (χ0n) is 81.4. The molecule has 8 aliphatic rings. The number of halogens is 8. The molecule has 8 atom stereocenters. The zero-order chi connectivity index (χ0) is 100. The van der Waals surface area contributed by atoms with Gasteiger partial charge < -0.3 is 59.6 Å². The first kappa shape index (κ1) is 104. The van der Waals surface area contributed by atoms with E-state index in [4.69, 9.17) is 174 Å². The monoisotopic (exact) mass is 2090 g/mol. The van der Waals surface area contributed by atoms with Gasteiger partial charge in [-0.05, 0) is 277 Å². The fourth-order valence-corrected chi connectivity index (χ4v) is 24.1. The molecule has 0 radical (unpaired) electrons. The molecule has 40 heteroatoms. The molecule has 8 saturated heterocycles. The van der Waals surface area contributed by atoms with Crippen LogP contribution in [0.5, 0.6) is 0 Å². The highest BCUT2D eigenvalue weighted by Gasteiger charge is 2.43. The van der Waals surface area contributed by atoms with Crippen LogP contribution >= 0.6 is 92.8 Å². The van der Waals surface area contributed by atoms with Crippen LogP contribution in [0.4, 0.5) is 23.3 Å². The van der Waals surface area contributed by atoms with Crippen molar-refractivity contribution in [3.05, 3.63) is 183 Å². The van der Waals surface area contributed by atoms with Gasteiger partial charge in [0.15, 0.2) is 22.6 Å². The lowest BCUT2D eigenvalue weighted by molar-refractivity contribution is -0.138. The lowest BCUT2D eigenvalue weighted by atomic mass is 9.80. The molecule has 0 aliphatic carbocycles. The molecule has 756 valence electrons. The molecular weight excluding hydrogens is 1970 g/mol. The van der Waals surface area contributed by atoms with Gasteiger partial charge in [-0.2, -0.15) is 20.4 Å². The number of hydrogen-bond donors (Lipinski definition) is 4. The number of piperidine rings is 4. The van der Waals surface area contributed by atoms with Crippen LogP contribution in [0.1, 0.15) is 187 Å². The Morgan fingerprint density at radius 3 is 0.739 bits per heavy atom. The van der Waals surface area contributed by atoms with Gasteiger partial charge in [0.25, 0.3) is 0 Å². The number of rotatable bonds is 30. The van der Waals surface area contributed by atoms with Gasteiger partial charge in [0, 0.05) is 145 Å². The number of carbonyl (C=O) groups is 4. The number of aryl methyl sites for hydroxylation is 4. The van der Waals surface area contributed by atoms with Crippen molar-refractivity contribution in [2.45, 2.75) is 169 Å². The van der Waals surface area contributed by atoms with Crippen LogP contribution in [0, 0.1) is 75.0 Å². The molecule has 0 saturated carbocycles. The van der Waals surface area contributed by atoms with Gasteiger partial charge in [0.1, 0.15) is 45.3 Å². The predicted octanol–water partition coefficient (Wildman–Crippen LogP) is 19.5. The van der Waals surface area contributed by atoms with Crippen molar-refractivity contribution in [3.8, 4) is 0 Å². The van der Waals surface area contributed by atoms with Crippen molar-refractivity contribution in [3.63, 3.8) is 0 Å². The molecule has 8 fully saturated rings. The molecular formula is C102H124Cl8N24O8. The minimum Gasteiger partial charge on any atom is -0.481 e. The van der Waals surface area contributed by atoms with Crippen LogP contribution in [0.3, 0.4) is 0 Å². The SMILES string of the molecule is Cc1nn([C@H](C)c2ccc(Cl)cc2Cl)c2nc(N3CC([C@@H]4CCCN(CCC(=O)O)C4)C3)cnc12.Cc1nn([C@H](C)c2ccc(Cl)cc2Cl)c2nc(N3CC([C@@H]4CCCN(CCCC(=O)O)C4)C3)cnc12.Cc1nn([C@H](C)c2ccc(Cl)cc2Cl)c2nc(N3CC([C@H]4CCCN(CCC(=O)O)C4)C3)cnc12.Cc1nn([C@H](C)c2ccc(Cl)cc2Cl)c2nc(N3CC([C@H]4CCCN(CCCC(=O)O)C4)C3)cnc12. The third kappa shape index (κ3) is 24.2. The molecule has 4 N–H and O–H groups in total. The molecule has 0 amide bonds. The minimum absolute atomic E-state index is 0.117. The molecule has 32 nitrogen and oxygen atoms in total. The predicted molar refractivity (Wildman–Crippen MR) is 559 cm³/mol. The van der Waals surface area contributed by atoms with E-state index in [0.717, 1.165) is 256 Å². The average Bonchev–Trinajstić information content (AvgIpc) is 1.59. The van der Waals surface area contributed by atoms with Gasteiger partial charge in [0.05, 0.1) is 84.6 Å². The van der Waals surface area contributed by atoms with Gasteiger partial charge in [-0.3, -0.25) is 19.2 Å². The Morgan fingerprint density at radius 1 is 0.310 bits per heavy atom. The molecule has 16 heterocycles. The van der Waals surface area contributed by atoms with Crippen molar-refractivity contribution in [1.82, 2.24) is 98.6 Å². The van der Waals surface area contributed by atoms with Gasteiger partial charge in [-0.25, -0.2) is 58.6 Å². The Bertz CT molecular complexity index is 6160. The summed E-state index contributed by atoms with van der Waals surface area (Å²) in [5.41, 5.74) is 13.3. The number of fused-ring (bicyclic) bond motifs is 4. The van der Waals surface area contributed by atoms with E-state index in [0.29, 0.717) is 101 Å². The van der Waals surface area contributed by atoms with Crippen molar-refractivity contribution < 1.29 is 39.6 Å². The topological polar surface area (TPSA) is 350 Å². The fourth-order valence-electron chi connectivity index (χ4n) is 21.9. The van der Waals surface area contributed by atoms with Crippen LogP contribution in [0.2, 0.25) is 40.2 Å². The Morgan fingerprint density at radius 2 is 0.528 bits per heavy atom. The standard InChI is InChI=1S/2C26H32Cl2N6O2.2C25H30Cl2N6O2/c2*1-16-25-26(34(31-16)17(2)21-8-7-20(27)11-22(21)28)30-23(12-29-25)33-14-19(15-33)18-5-3-9-32(13-18)10-4-6-24(35)36;2*1-15-24-25(33(30-15)16(2)20-6-5-19(26)10-21(20)27)29-22(11-28-24)32-13-18(14-32)17-4-3-8-31(12-17)9-7-23(34)35/h2*7-8,11-12,17-19H,3-6,9-10,13-15H2,1-2H3,(H,35,36);2*5-6,10-11,16-18H,3-4,7-9,12-14H2,1-2H3,(H,34,35)/t17-,18+;17-,18-;16-,17+;16-,17-/m1111/s1. The maximum absolute atomic E-state index is 10.9. The molecule has 20 rings (SSSR count). The molecule has 0 spiro atoms. The van der Waals surface area contributed by atoms with Crippen LogP contribution < -0.4 is 19.6 Å². The first-order chi connectivity index (χ1) is 68.2. The van der Waals surface area contributed by atoms with Gasteiger partial charge in [-0.1, -0.05) is 117 Å². The maximum Gasteiger partial charge on any atom is 0.304 e. The van der Waals surface area contributed by atoms with E-state index >= 15 is 0 Å². The highest BCUT2D eigenvalue weighted by Crippen LogP contribution is 2.43. The summed E-state index contributed by atoms with van der Waals surface area (Å²) < 4.78 is 7.61. The van der Waals surface area contributed by atoms with Crippen molar-refractivity contribution in [1.29, 1.82) is 0 Å². The largest absolute Gasteiger partial charge is 0.481 e. The first-order valence-electron chi connectivity index (χ1n) is 49.6. The summed E-state index contributed by atoms with van der Waals surface area (Å²) in [5, 5.41) is 59.6. The Balaban J connectivity index is 0.000000130. The summed E-state index contributed by atoms with van der Waals surface area (Å²) in [5.74, 6) is 5.57. The van der Waals surface area contributed by atoms with E-state index in [-0.39, 0.29) is 49.9 Å². The second kappa shape index (κ2) is 45.9. The number of aromatic nitrogens is 16. The van der Waals surface area contributed by atoms with Crippen molar-refractivity contribution in [2.24, 2.45) is 47.3 Å². The molecule has 0 unspecified atom stereocenters. The maximum atomic E-state index is 10.9. The Kier molecular flexibility index (Phi) is 33.6. The summed E-state index contributed by atoms with van der Waals surface area (Å²) in [6.07, 6.45) is 19.3. The number of likely N-dealkylation sites (tertiary alicyclic amines) is 4. The lowest BCUT2D eigenvalue weighted by Gasteiger charge is -2.47. The second-order valence-corrected chi connectivity index (χ2v) is 43.2. The fraction of sp³-hybridized carbons (Fsp3) is 0.529. The van der Waals surface area contributed by atoms with E-state index < -0.39 is 23.9 Å². The third-order valence-electron chi connectivity index (χ3n) is 30.1. The van der Waals surface area contributed by atoms with Gasteiger partial charge >= 0.3 is 23.9 Å². The molecule has 142 heavy (non-hydrogen) atoms. The second-order valence-electron chi connectivity index (χ2n) is 39.8. The number of benzene rings is 4. The Hall–Kier alpha value is -9.68. The summed E-state index contributed by atoms with van der Waals surface area (Å²) >= 11 is 50.3. The summed E-state index contributed by atoms with van der Waals surface area (Å²) in [6, 6.07) is 21.6. The number of nitrogens with zero attached hydrogens (tertiary/aromatic N) is 24. The van der Waals surface area contributed by atoms with E-state index in [1.807, 2.05) is 134 Å². The number of carboxylic acids is 4. The van der Waals surface area contributed by atoms with E-state index in [1.165, 1.54) is 38.5 Å². The van der Waals surface area contributed by atoms with Gasteiger partial charge in [-0.15, -0.1) is 0 Å². The van der Waals surface area contributed by atoms with Crippen LogP contribution in [-0.2, 0) is 19.2 Å². The Labute approximate surface area is 866 Å². The number of aliphatic carboxylic acids is 4. The van der Waals surface area contributed by atoms with E-state index in [1.54, 1.807) is 24.3 Å². The van der Waals surface area contributed by atoms with E-state index in [9.17, 15) is 19.2 Å². The highest BCUT2D eigenvalue weighted by atomic mass is 35.5. The third-order valence-corrected chi connectivity index (χ3v) is 32.4. The number of carboxylic acid groups (broad SMARTS) is 4. The molecule has 8 aromatic heterocycles.